The van der Waals surface area contributed by atoms with E-state index in [1.807, 2.05) is 0 Å². The van der Waals surface area contributed by atoms with E-state index in [0.29, 0.717) is 11.8 Å². The molecule has 0 unspecified atom stereocenters. The molecule has 0 saturated heterocycles. The molecule has 0 aromatic heterocycles. The number of carbonyl (C=O) groups excluding carboxylic acids is 2. The summed E-state index contributed by atoms with van der Waals surface area (Å²) in [6.07, 6.45) is 10.8. The maximum atomic E-state index is 11.6. The first-order valence-electron chi connectivity index (χ1n) is 9.67. The highest BCUT2D eigenvalue weighted by Gasteiger charge is 2.58. The minimum absolute atomic E-state index is 0.154. The fourth-order valence-corrected chi connectivity index (χ4v) is 5.11. The van der Waals surface area contributed by atoms with Crippen molar-refractivity contribution in [3.63, 3.8) is 0 Å². The van der Waals surface area contributed by atoms with Crippen LogP contribution in [0.5, 0.6) is 0 Å². The molecule has 156 valence electrons. The Bertz CT molecular complexity index is 578. The van der Waals surface area contributed by atoms with Crippen LogP contribution in [0.2, 0.25) is 0 Å². The van der Waals surface area contributed by atoms with Gasteiger partial charge in [-0.15, -0.1) is 0 Å². The lowest BCUT2D eigenvalue weighted by molar-refractivity contribution is -0.206. The van der Waals surface area contributed by atoms with Crippen molar-refractivity contribution in [1.29, 1.82) is 0 Å². The molecule has 1 N–H and O–H groups in total. The summed E-state index contributed by atoms with van der Waals surface area (Å²) in [6, 6.07) is 0. The molecule has 0 atom stereocenters. The van der Waals surface area contributed by atoms with Gasteiger partial charge in [-0.3, -0.25) is 0 Å². The number of methoxy groups -OCH3 is 1. The Morgan fingerprint density at radius 2 is 1.36 bits per heavy atom. The first kappa shape index (κ1) is 23.7. The van der Waals surface area contributed by atoms with Gasteiger partial charge in [-0.1, -0.05) is 26.7 Å². The Morgan fingerprint density at radius 3 is 1.61 bits per heavy atom. The molecule has 4 saturated carbocycles. The Labute approximate surface area is 167 Å². The molecule has 4 rings (SSSR count). The van der Waals surface area contributed by atoms with Crippen molar-refractivity contribution in [2.24, 2.45) is 23.7 Å². The smallest absolute Gasteiger partial charge is 0.330 e. The van der Waals surface area contributed by atoms with E-state index in [4.69, 9.17) is 9.84 Å². The molecule has 0 aromatic carbocycles. The summed E-state index contributed by atoms with van der Waals surface area (Å²) < 4.78 is 10.00. The molecule has 4 aliphatic rings. The number of rotatable bonds is 5. The number of aliphatic carboxylic acids is 1. The fourth-order valence-electron chi connectivity index (χ4n) is 5.11. The van der Waals surface area contributed by atoms with Crippen molar-refractivity contribution in [2.45, 2.75) is 51.0 Å². The minimum Gasteiger partial charge on any atom is -0.478 e. The molecule has 4 fully saturated rings. The lowest BCUT2D eigenvalue weighted by atomic mass is 9.49. The van der Waals surface area contributed by atoms with Gasteiger partial charge in [0.05, 0.1) is 7.11 Å². The largest absolute Gasteiger partial charge is 0.478 e. The maximum absolute atomic E-state index is 11.6. The minimum atomic E-state index is -0.981. The number of carboxylic acid groups (broad SMARTS) is 1. The summed E-state index contributed by atoms with van der Waals surface area (Å²) in [7, 11) is 1.31. The molecule has 4 bridgehead atoms. The van der Waals surface area contributed by atoms with Crippen LogP contribution in [0.25, 0.3) is 0 Å². The van der Waals surface area contributed by atoms with Crippen molar-refractivity contribution >= 4 is 17.9 Å². The molecular formula is C22H32O6. The van der Waals surface area contributed by atoms with Crippen LogP contribution in [0.1, 0.15) is 45.4 Å². The van der Waals surface area contributed by atoms with E-state index in [1.54, 1.807) is 0 Å². The van der Waals surface area contributed by atoms with Crippen molar-refractivity contribution in [1.82, 2.24) is 0 Å². The third-order valence-electron chi connectivity index (χ3n) is 6.07. The zero-order valence-corrected chi connectivity index (χ0v) is 16.9. The SMILES string of the molecule is C=CC(=O)O.C=CC(=O)OC.C=CC(=O)OC1(CC)C2CC3CC(C2)CC1C3. The quantitative estimate of drug-likeness (QED) is 0.563. The Morgan fingerprint density at radius 1 is 0.929 bits per heavy atom. The molecule has 28 heavy (non-hydrogen) atoms. The van der Waals surface area contributed by atoms with E-state index in [1.165, 1.54) is 45.3 Å². The summed E-state index contributed by atoms with van der Waals surface area (Å²) in [5, 5.41) is 7.60. The van der Waals surface area contributed by atoms with Crippen molar-refractivity contribution in [3.05, 3.63) is 38.0 Å². The van der Waals surface area contributed by atoms with Crippen LogP contribution in [0.3, 0.4) is 0 Å². The lowest BCUT2D eigenvalue weighted by Crippen LogP contribution is -2.59. The third kappa shape index (κ3) is 5.81. The predicted octanol–water partition coefficient (Wildman–Crippen LogP) is 3.92. The standard InChI is InChI=1S/C15H22O2.C4H6O2.C3H4O2/c1-3-14(16)17-15(4-2)12-6-10-5-11(8-12)9-13(15)7-10;1-3-4(5)6-2;1-2-3(4)5/h3,10-13H,1,4-9H2,2H3;3H,1H2,2H3;2H,1H2,(H,4,5). The molecule has 6 nitrogen and oxygen atoms in total. The first-order valence-corrected chi connectivity index (χ1v) is 9.67. The van der Waals surface area contributed by atoms with Crippen molar-refractivity contribution in [2.75, 3.05) is 7.11 Å². The van der Waals surface area contributed by atoms with Gasteiger partial charge in [0.2, 0.25) is 0 Å². The Hall–Kier alpha value is -2.37. The lowest BCUT2D eigenvalue weighted by Gasteiger charge is -2.60. The van der Waals surface area contributed by atoms with Gasteiger partial charge in [0.25, 0.3) is 0 Å². The Balaban J connectivity index is 0.000000298. The van der Waals surface area contributed by atoms with Crippen LogP contribution in [0.4, 0.5) is 0 Å². The van der Waals surface area contributed by atoms with Crippen LogP contribution in [0, 0.1) is 23.7 Å². The zero-order valence-electron chi connectivity index (χ0n) is 16.9. The van der Waals surface area contributed by atoms with E-state index in [2.05, 4.69) is 31.4 Å². The predicted molar refractivity (Wildman–Crippen MR) is 106 cm³/mol. The highest BCUT2D eigenvalue weighted by atomic mass is 16.6. The second-order valence-electron chi connectivity index (χ2n) is 7.51. The molecule has 0 heterocycles. The van der Waals surface area contributed by atoms with E-state index in [9.17, 15) is 14.4 Å². The molecule has 0 spiro atoms. The van der Waals surface area contributed by atoms with Gasteiger partial charge in [0.1, 0.15) is 5.60 Å². The summed E-state index contributed by atoms with van der Waals surface area (Å²) in [5.41, 5.74) is -0.154. The fraction of sp³-hybridized carbons (Fsp3) is 0.591. The molecule has 4 aliphatic carbocycles. The monoisotopic (exact) mass is 392 g/mol. The molecule has 0 radical (unpaired) electrons. The average Bonchev–Trinajstić information content (AvgIpc) is 2.70. The highest BCUT2D eigenvalue weighted by molar-refractivity contribution is 5.81. The van der Waals surface area contributed by atoms with E-state index in [0.717, 1.165) is 30.4 Å². The van der Waals surface area contributed by atoms with E-state index < -0.39 is 11.9 Å². The normalized spacial score (nSPS) is 31.1. The second-order valence-corrected chi connectivity index (χ2v) is 7.51. The number of ether oxygens (including phenoxy) is 2. The van der Waals surface area contributed by atoms with E-state index >= 15 is 0 Å². The van der Waals surface area contributed by atoms with Gasteiger partial charge in [0.15, 0.2) is 0 Å². The molecule has 0 amide bonds. The number of carbonyl (C=O) groups is 3. The number of carboxylic acids is 1. The number of esters is 2. The van der Waals surface area contributed by atoms with Crippen LogP contribution >= 0.6 is 0 Å². The van der Waals surface area contributed by atoms with Gasteiger partial charge in [-0.05, 0) is 62.2 Å². The average molecular weight is 392 g/mol. The molecular weight excluding hydrogens is 360 g/mol. The van der Waals surface area contributed by atoms with Crippen LogP contribution < -0.4 is 0 Å². The topological polar surface area (TPSA) is 89.9 Å². The van der Waals surface area contributed by atoms with Gasteiger partial charge in [0, 0.05) is 18.2 Å². The van der Waals surface area contributed by atoms with Gasteiger partial charge in [-0.25, -0.2) is 14.4 Å². The zero-order chi connectivity index (χ0) is 21.3. The maximum Gasteiger partial charge on any atom is 0.330 e. The van der Waals surface area contributed by atoms with Crippen molar-refractivity contribution in [3.8, 4) is 0 Å². The van der Waals surface area contributed by atoms with Crippen LogP contribution in [-0.2, 0) is 23.9 Å². The van der Waals surface area contributed by atoms with E-state index in [-0.39, 0.29) is 11.6 Å². The summed E-state index contributed by atoms with van der Waals surface area (Å²) in [6.45, 7) is 11.8. The molecule has 0 aromatic rings. The van der Waals surface area contributed by atoms with Crippen LogP contribution in [-0.4, -0.2) is 35.7 Å². The summed E-state index contributed by atoms with van der Waals surface area (Å²) in [4.78, 5) is 30.7. The van der Waals surface area contributed by atoms with Crippen LogP contribution in [0.15, 0.2) is 38.0 Å². The molecule has 6 heteroatoms. The Kier molecular flexibility index (Phi) is 9.16. The highest BCUT2D eigenvalue weighted by Crippen LogP contribution is 2.60. The van der Waals surface area contributed by atoms with Gasteiger partial charge >= 0.3 is 17.9 Å². The first-order chi connectivity index (χ1) is 13.3. The summed E-state index contributed by atoms with van der Waals surface area (Å²) in [5.74, 6) is 1.47. The van der Waals surface area contributed by atoms with Gasteiger partial charge in [-0.2, -0.15) is 0 Å². The van der Waals surface area contributed by atoms with Crippen molar-refractivity contribution < 1.29 is 29.0 Å². The summed E-state index contributed by atoms with van der Waals surface area (Å²) >= 11 is 0. The number of hydrogen-bond donors (Lipinski definition) is 1. The number of hydrogen-bond acceptors (Lipinski definition) is 5. The third-order valence-corrected chi connectivity index (χ3v) is 6.07. The van der Waals surface area contributed by atoms with Gasteiger partial charge < -0.3 is 14.6 Å². The molecule has 0 aliphatic heterocycles. The second kappa shape index (κ2) is 10.8.